The van der Waals surface area contributed by atoms with Crippen molar-refractivity contribution in [2.45, 2.75) is 19.8 Å². The van der Waals surface area contributed by atoms with Gasteiger partial charge in [0.15, 0.2) is 5.82 Å². The Morgan fingerprint density at radius 3 is 2.95 bits per heavy atom. The van der Waals surface area contributed by atoms with Gasteiger partial charge in [0.25, 0.3) is 0 Å². The molecule has 0 aliphatic heterocycles. The van der Waals surface area contributed by atoms with Crippen LogP contribution in [-0.4, -0.2) is 44.3 Å². The molecule has 0 fully saturated rings. The largest absolute Gasteiger partial charge is 0.462 e. The molecular formula is C13H16N4O3. The summed E-state index contributed by atoms with van der Waals surface area (Å²) in [6, 6.07) is 3.31. The van der Waals surface area contributed by atoms with E-state index in [4.69, 9.17) is 9.84 Å². The van der Waals surface area contributed by atoms with Gasteiger partial charge in [-0.3, -0.25) is 0 Å². The lowest BCUT2D eigenvalue weighted by molar-refractivity contribution is 0.0526. The predicted molar refractivity (Wildman–Crippen MR) is 70.5 cm³/mol. The Hall–Kier alpha value is -2.28. The Bertz CT molecular complexity index is 565. The van der Waals surface area contributed by atoms with Gasteiger partial charge in [0.1, 0.15) is 0 Å². The second kappa shape index (κ2) is 6.76. The standard InChI is InChI=1S/C13H16N4O3/c1-2-20-13(19)10-5-6-12(14-8-10)17-9-11(15-16-17)4-3-7-18/h5-6,8-9,18H,2-4,7H2,1H3. The molecule has 0 aliphatic rings. The first kappa shape index (κ1) is 14.1. The van der Waals surface area contributed by atoms with Crippen LogP contribution in [0.3, 0.4) is 0 Å². The third kappa shape index (κ3) is 3.39. The van der Waals surface area contributed by atoms with Gasteiger partial charge < -0.3 is 9.84 Å². The van der Waals surface area contributed by atoms with Gasteiger partial charge in [-0.05, 0) is 31.9 Å². The minimum atomic E-state index is -0.395. The molecule has 106 valence electrons. The van der Waals surface area contributed by atoms with Gasteiger partial charge in [0.05, 0.1) is 24.1 Å². The number of carbonyl (C=O) groups is 1. The van der Waals surface area contributed by atoms with Crippen LogP contribution >= 0.6 is 0 Å². The molecule has 2 rings (SSSR count). The average molecular weight is 276 g/mol. The highest BCUT2D eigenvalue weighted by Crippen LogP contribution is 2.07. The van der Waals surface area contributed by atoms with Crippen molar-refractivity contribution in [2.24, 2.45) is 0 Å². The molecule has 0 saturated heterocycles. The van der Waals surface area contributed by atoms with Gasteiger partial charge in [-0.1, -0.05) is 5.21 Å². The van der Waals surface area contributed by atoms with Crippen LogP contribution in [0.2, 0.25) is 0 Å². The zero-order valence-electron chi connectivity index (χ0n) is 11.2. The summed E-state index contributed by atoms with van der Waals surface area (Å²) in [5.74, 6) is 0.176. The fourth-order valence-electron chi connectivity index (χ4n) is 1.64. The predicted octanol–water partition coefficient (Wildman–Crippen LogP) is 0.764. The van der Waals surface area contributed by atoms with Crippen LogP contribution in [0, 0.1) is 0 Å². The van der Waals surface area contributed by atoms with E-state index in [-0.39, 0.29) is 6.61 Å². The third-order valence-electron chi connectivity index (χ3n) is 2.63. The number of pyridine rings is 1. The Labute approximate surface area is 116 Å². The summed E-state index contributed by atoms with van der Waals surface area (Å²) < 4.78 is 6.41. The van der Waals surface area contributed by atoms with E-state index < -0.39 is 5.97 Å². The van der Waals surface area contributed by atoms with Gasteiger partial charge >= 0.3 is 5.97 Å². The molecule has 0 amide bonds. The Morgan fingerprint density at radius 1 is 1.45 bits per heavy atom. The first-order chi connectivity index (χ1) is 9.74. The summed E-state index contributed by atoms with van der Waals surface area (Å²) in [6.45, 7) is 2.21. The highest BCUT2D eigenvalue weighted by molar-refractivity contribution is 5.89. The van der Waals surface area contributed by atoms with Crippen molar-refractivity contribution < 1.29 is 14.6 Å². The summed E-state index contributed by atoms with van der Waals surface area (Å²) >= 11 is 0. The van der Waals surface area contributed by atoms with Gasteiger partial charge in [-0.2, -0.15) is 0 Å². The van der Waals surface area contributed by atoms with E-state index >= 15 is 0 Å². The number of hydrogen-bond acceptors (Lipinski definition) is 6. The van der Waals surface area contributed by atoms with Crippen LogP contribution in [0.1, 0.15) is 29.4 Å². The van der Waals surface area contributed by atoms with E-state index in [0.717, 1.165) is 5.69 Å². The number of carbonyl (C=O) groups excluding carboxylic acids is 1. The second-order valence-corrected chi connectivity index (χ2v) is 4.11. The van der Waals surface area contributed by atoms with Crippen molar-refractivity contribution in [3.05, 3.63) is 35.8 Å². The first-order valence-corrected chi connectivity index (χ1v) is 6.40. The lowest BCUT2D eigenvalue weighted by Crippen LogP contribution is -2.06. The van der Waals surface area contributed by atoms with Crippen LogP contribution in [-0.2, 0) is 11.2 Å². The minimum Gasteiger partial charge on any atom is -0.462 e. The molecular weight excluding hydrogens is 260 g/mol. The number of nitrogens with zero attached hydrogens (tertiary/aromatic N) is 4. The van der Waals surface area contributed by atoms with Gasteiger partial charge in [0, 0.05) is 12.8 Å². The van der Waals surface area contributed by atoms with Crippen LogP contribution < -0.4 is 0 Å². The molecule has 0 saturated carbocycles. The van der Waals surface area contributed by atoms with E-state index in [1.807, 2.05) is 0 Å². The molecule has 0 atom stereocenters. The van der Waals surface area contributed by atoms with Crippen molar-refractivity contribution >= 4 is 5.97 Å². The quantitative estimate of drug-likeness (QED) is 0.783. The maximum absolute atomic E-state index is 11.5. The van der Waals surface area contributed by atoms with Crippen LogP contribution in [0.25, 0.3) is 5.82 Å². The smallest absolute Gasteiger partial charge is 0.339 e. The maximum Gasteiger partial charge on any atom is 0.339 e. The molecule has 0 radical (unpaired) electrons. The summed E-state index contributed by atoms with van der Waals surface area (Å²) in [5.41, 5.74) is 1.19. The Kier molecular flexibility index (Phi) is 4.78. The number of aryl methyl sites for hydroxylation is 1. The number of aromatic nitrogens is 4. The van der Waals surface area contributed by atoms with Gasteiger partial charge in [-0.15, -0.1) is 5.10 Å². The number of aliphatic hydroxyl groups excluding tert-OH is 1. The summed E-state index contributed by atoms with van der Waals surface area (Å²) in [4.78, 5) is 15.7. The Morgan fingerprint density at radius 2 is 2.30 bits per heavy atom. The molecule has 0 unspecified atom stereocenters. The highest BCUT2D eigenvalue weighted by Gasteiger charge is 2.08. The van der Waals surface area contributed by atoms with Crippen molar-refractivity contribution in [3.63, 3.8) is 0 Å². The number of ether oxygens (including phenoxy) is 1. The molecule has 1 N–H and O–H groups in total. The van der Waals surface area contributed by atoms with E-state index in [1.165, 1.54) is 10.9 Å². The molecule has 7 nitrogen and oxygen atoms in total. The van der Waals surface area contributed by atoms with E-state index in [0.29, 0.717) is 30.8 Å². The highest BCUT2D eigenvalue weighted by atomic mass is 16.5. The maximum atomic E-state index is 11.5. The number of hydrogen-bond donors (Lipinski definition) is 1. The van der Waals surface area contributed by atoms with Gasteiger partial charge in [0.2, 0.25) is 0 Å². The topological polar surface area (TPSA) is 90.1 Å². The van der Waals surface area contributed by atoms with E-state index in [1.54, 1.807) is 25.3 Å². The fraction of sp³-hybridized carbons (Fsp3) is 0.385. The molecule has 20 heavy (non-hydrogen) atoms. The number of esters is 1. The van der Waals surface area contributed by atoms with Crippen LogP contribution in [0.4, 0.5) is 0 Å². The Balaban J connectivity index is 2.09. The molecule has 0 spiro atoms. The molecule has 0 aliphatic carbocycles. The lowest BCUT2D eigenvalue weighted by Gasteiger charge is -2.02. The van der Waals surface area contributed by atoms with E-state index in [2.05, 4.69) is 15.3 Å². The fourth-order valence-corrected chi connectivity index (χ4v) is 1.64. The van der Waals surface area contributed by atoms with Crippen LogP contribution in [0.15, 0.2) is 24.5 Å². The zero-order valence-corrected chi connectivity index (χ0v) is 11.2. The van der Waals surface area contributed by atoms with Crippen molar-refractivity contribution in [3.8, 4) is 5.82 Å². The van der Waals surface area contributed by atoms with Crippen molar-refractivity contribution in [1.29, 1.82) is 0 Å². The molecule has 2 aromatic heterocycles. The van der Waals surface area contributed by atoms with Crippen LogP contribution in [0.5, 0.6) is 0 Å². The lowest BCUT2D eigenvalue weighted by atomic mass is 10.2. The SMILES string of the molecule is CCOC(=O)c1ccc(-n2cc(CCCO)nn2)nc1. The average Bonchev–Trinajstić information content (AvgIpc) is 2.94. The molecule has 2 heterocycles. The monoisotopic (exact) mass is 276 g/mol. The second-order valence-electron chi connectivity index (χ2n) is 4.11. The van der Waals surface area contributed by atoms with Crippen molar-refractivity contribution in [1.82, 2.24) is 20.0 Å². The number of rotatable bonds is 6. The molecule has 0 bridgehead atoms. The van der Waals surface area contributed by atoms with Crippen molar-refractivity contribution in [2.75, 3.05) is 13.2 Å². The first-order valence-electron chi connectivity index (χ1n) is 6.40. The third-order valence-corrected chi connectivity index (χ3v) is 2.63. The normalized spacial score (nSPS) is 10.5. The molecule has 2 aromatic rings. The summed E-state index contributed by atoms with van der Waals surface area (Å²) in [5, 5.41) is 16.7. The summed E-state index contributed by atoms with van der Waals surface area (Å²) in [6.07, 6.45) is 4.51. The molecule has 7 heteroatoms. The molecule has 0 aromatic carbocycles. The van der Waals surface area contributed by atoms with Gasteiger partial charge in [-0.25, -0.2) is 14.5 Å². The number of aliphatic hydroxyl groups is 1. The van der Waals surface area contributed by atoms with E-state index in [9.17, 15) is 4.79 Å². The zero-order chi connectivity index (χ0) is 14.4. The minimum absolute atomic E-state index is 0.124. The summed E-state index contributed by atoms with van der Waals surface area (Å²) in [7, 11) is 0.